The van der Waals surface area contributed by atoms with Crippen molar-refractivity contribution < 1.29 is 14.0 Å². The van der Waals surface area contributed by atoms with Gasteiger partial charge < -0.3 is 10.2 Å². The average Bonchev–Trinajstić information content (AvgIpc) is 2.49. The Morgan fingerprint density at radius 2 is 1.91 bits per heavy atom. The number of amides is 2. The van der Waals surface area contributed by atoms with E-state index in [2.05, 4.69) is 5.32 Å². The number of anilines is 2. The molecule has 0 atom stereocenters. The van der Waals surface area contributed by atoms with E-state index in [0.717, 1.165) is 5.56 Å². The van der Waals surface area contributed by atoms with Crippen molar-refractivity contribution >= 4 is 34.8 Å². The summed E-state index contributed by atoms with van der Waals surface area (Å²) in [5.74, 6) is -1.22. The topological polar surface area (TPSA) is 49.4 Å². The van der Waals surface area contributed by atoms with Gasteiger partial charge in [-0.1, -0.05) is 23.7 Å². The first-order chi connectivity index (χ1) is 10.9. The fourth-order valence-corrected chi connectivity index (χ4v) is 2.28. The Bertz CT molecular complexity index is 749. The van der Waals surface area contributed by atoms with Gasteiger partial charge in [-0.25, -0.2) is 4.39 Å². The van der Waals surface area contributed by atoms with Gasteiger partial charge in [0.1, 0.15) is 12.4 Å². The van der Waals surface area contributed by atoms with E-state index in [1.165, 1.54) is 30.0 Å². The van der Waals surface area contributed by atoms with Crippen LogP contribution >= 0.6 is 11.6 Å². The Morgan fingerprint density at radius 1 is 1.22 bits per heavy atom. The van der Waals surface area contributed by atoms with Crippen molar-refractivity contribution in [1.82, 2.24) is 0 Å². The molecule has 2 aromatic carbocycles. The van der Waals surface area contributed by atoms with E-state index < -0.39 is 11.7 Å². The Morgan fingerprint density at radius 3 is 2.57 bits per heavy atom. The van der Waals surface area contributed by atoms with E-state index in [9.17, 15) is 14.0 Å². The van der Waals surface area contributed by atoms with Crippen molar-refractivity contribution in [3.05, 3.63) is 58.9 Å². The van der Waals surface area contributed by atoms with Crippen LogP contribution in [0.5, 0.6) is 0 Å². The maximum Gasteiger partial charge on any atom is 0.244 e. The molecule has 120 valence electrons. The maximum atomic E-state index is 13.3. The van der Waals surface area contributed by atoms with E-state index >= 15 is 0 Å². The van der Waals surface area contributed by atoms with Crippen LogP contribution < -0.4 is 10.2 Å². The summed E-state index contributed by atoms with van der Waals surface area (Å²) in [5.41, 5.74) is 1.64. The smallest absolute Gasteiger partial charge is 0.244 e. The zero-order chi connectivity index (χ0) is 17.0. The largest absolute Gasteiger partial charge is 0.324 e. The molecule has 0 unspecified atom stereocenters. The van der Waals surface area contributed by atoms with Crippen molar-refractivity contribution in [2.45, 2.75) is 13.8 Å². The third kappa shape index (κ3) is 4.29. The highest BCUT2D eigenvalue weighted by atomic mass is 35.5. The number of rotatable bonds is 4. The van der Waals surface area contributed by atoms with Crippen LogP contribution in [-0.4, -0.2) is 18.4 Å². The highest BCUT2D eigenvalue weighted by Gasteiger charge is 2.17. The zero-order valence-corrected chi connectivity index (χ0v) is 13.5. The summed E-state index contributed by atoms with van der Waals surface area (Å²) in [6.07, 6.45) is 0. The quantitative estimate of drug-likeness (QED) is 0.925. The lowest BCUT2D eigenvalue weighted by atomic mass is 10.2. The molecule has 23 heavy (non-hydrogen) atoms. The standard InChI is InChI=1S/C17H16ClFN2O2/c1-11-15(18)7-4-8-16(11)20-17(23)10-21(12(2)22)14-6-3-5-13(19)9-14/h3-9H,10H2,1-2H3,(H,20,23). The maximum absolute atomic E-state index is 13.3. The lowest BCUT2D eigenvalue weighted by Crippen LogP contribution is -2.36. The van der Waals surface area contributed by atoms with Gasteiger partial charge in [-0.05, 0) is 42.8 Å². The SMILES string of the molecule is CC(=O)N(CC(=O)Nc1cccc(Cl)c1C)c1cccc(F)c1. The van der Waals surface area contributed by atoms with Crippen molar-refractivity contribution in [1.29, 1.82) is 0 Å². The van der Waals surface area contributed by atoms with Gasteiger partial charge >= 0.3 is 0 Å². The molecule has 2 rings (SSSR count). The zero-order valence-electron chi connectivity index (χ0n) is 12.8. The Labute approximate surface area is 138 Å². The fraction of sp³-hybridized carbons (Fsp3) is 0.176. The molecule has 0 radical (unpaired) electrons. The predicted octanol–water partition coefficient (Wildman–Crippen LogP) is 3.78. The molecular weight excluding hydrogens is 319 g/mol. The van der Waals surface area contributed by atoms with Gasteiger partial charge in [0.25, 0.3) is 0 Å². The van der Waals surface area contributed by atoms with Crippen LogP contribution in [0.1, 0.15) is 12.5 Å². The number of nitrogens with one attached hydrogen (secondary N) is 1. The normalized spacial score (nSPS) is 10.3. The van der Waals surface area contributed by atoms with Crippen LogP contribution in [0.3, 0.4) is 0 Å². The van der Waals surface area contributed by atoms with Crippen molar-refractivity contribution in [2.24, 2.45) is 0 Å². The Kier molecular flexibility index (Phi) is 5.34. The second-order valence-corrected chi connectivity index (χ2v) is 5.45. The summed E-state index contributed by atoms with van der Waals surface area (Å²) in [5, 5.41) is 3.25. The molecule has 0 heterocycles. The van der Waals surface area contributed by atoms with Crippen molar-refractivity contribution in [2.75, 3.05) is 16.8 Å². The highest BCUT2D eigenvalue weighted by Crippen LogP contribution is 2.23. The van der Waals surface area contributed by atoms with E-state index in [4.69, 9.17) is 11.6 Å². The second kappa shape index (κ2) is 7.24. The third-order valence-electron chi connectivity index (χ3n) is 3.34. The summed E-state index contributed by atoms with van der Waals surface area (Å²) < 4.78 is 13.3. The summed E-state index contributed by atoms with van der Waals surface area (Å²) in [4.78, 5) is 25.2. The molecule has 0 aliphatic rings. The lowest BCUT2D eigenvalue weighted by molar-refractivity contribution is -0.120. The minimum absolute atomic E-state index is 0.218. The molecule has 4 nitrogen and oxygen atoms in total. The number of carbonyl (C=O) groups excluding carboxylic acids is 2. The number of carbonyl (C=O) groups is 2. The number of halogens is 2. The Balaban J connectivity index is 2.16. The molecule has 1 N–H and O–H groups in total. The van der Waals surface area contributed by atoms with Crippen LogP contribution in [0.4, 0.5) is 15.8 Å². The second-order valence-electron chi connectivity index (χ2n) is 5.05. The van der Waals surface area contributed by atoms with E-state index in [1.54, 1.807) is 31.2 Å². The molecular formula is C17H16ClFN2O2. The third-order valence-corrected chi connectivity index (χ3v) is 3.75. The first-order valence-corrected chi connectivity index (χ1v) is 7.35. The lowest BCUT2D eigenvalue weighted by Gasteiger charge is -2.21. The molecule has 0 aliphatic carbocycles. The molecule has 0 aliphatic heterocycles. The summed E-state index contributed by atoms with van der Waals surface area (Å²) in [6, 6.07) is 10.7. The number of hydrogen-bond acceptors (Lipinski definition) is 2. The molecule has 0 saturated heterocycles. The van der Waals surface area contributed by atoms with Gasteiger partial charge in [-0.2, -0.15) is 0 Å². The van der Waals surface area contributed by atoms with Gasteiger partial charge in [0, 0.05) is 23.3 Å². The van der Waals surface area contributed by atoms with Crippen LogP contribution in [0, 0.1) is 12.7 Å². The van der Waals surface area contributed by atoms with E-state index in [-0.39, 0.29) is 12.5 Å². The van der Waals surface area contributed by atoms with Gasteiger partial charge in [-0.15, -0.1) is 0 Å². The van der Waals surface area contributed by atoms with Gasteiger partial charge in [0.15, 0.2) is 0 Å². The molecule has 2 aromatic rings. The molecule has 2 amide bonds. The van der Waals surface area contributed by atoms with E-state index in [1.807, 2.05) is 0 Å². The minimum Gasteiger partial charge on any atom is -0.324 e. The van der Waals surface area contributed by atoms with Gasteiger partial charge in [0.2, 0.25) is 11.8 Å². The highest BCUT2D eigenvalue weighted by molar-refractivity contribution is 6.31. The van der Waals surface area contributed by atoms with Crippen LogP contribution in [0.15, 0.2) is 42.5 Å². The minimum atomic E-state index is -0.472. The van der Waals surface area contributed by atoms with Gasteiger partial charge in [0.05, 0.1) is 0 Å². The fourth-order valence-electron chi connectivity index (χ4n) is 2.10. The van der Waals surface area contributed by atoms with Crippen LogP contribution in [0.2, 0.25) is 5.02 Å². The number of nitrogens with zero attached hydrogens (tertiary/aromatic N) is 1. The summed E-state index contributed by atoms with van der Waals surface area (Å²) in [7, 11) is 0. The molecule has 0 spiro atoms. The molecule has 6 heteroatoms. The monoisotopic (exact) mass is 334 g/mol. The van der Waals surface area contributed by atoms with Crippen molar-refractivity contribution in [3.8, 4) is 0 Å². The van der Waals surface area contributed by atoms with E-state index in [0.29, 0.717) is 16.4 Å². The average molecular weight is 335 g/mol. The van der Waals surface area contributed by atoms with Gasteiger partial charge in [-0.3, -0.25) is 9.59 Å². The van der Waals surface area contributed by atoms with Crippen LogP contribution in [-0.2, 0) is 9.59 Å². The molecule has 0 aromatic heterocycles. The number of hydrogen-bond donors (Lipinski definition) is 1. The predicted molar refractivity (Wildman–Crippen MR) is 89.2 cm³/mol. The number of benzene rings is 2. The molecule has 0 fully saturated rings. The first-order valence-electron chi connectivity index (χ1n) is 6.97. The molecule has 0 bridgehead atoms. The molecule has 0 saturated carbocycles. The summed E-state index contributed by atoms with van der Waals surface area (Å²) in [6.45, 7) is 2.89. The first kappa shape index (κ1) is 17.0. The summed E-state index contributed by atoms with van der Waals surface area (Å²) >= 11 is 6.01. The van der Waals surface area contributed by atoms with Crippen molar-refractivity contribution in [3.63, 3.8) is 0 Å². The Hall–Kier alpha value is -2.40. The van der Waals surface area contributed by atoms with Crippen LogP contribution in [0.25, 0.3) is 0 Å².